The summed E-state index contributed by atoms with van der Waals surface area (Å²) in [6.07, 6.45) is 3.73. The van der Waals surface area contributed by atoms with Crippen molar-refractivity contribution in [2.75, 3.05) is 45.1 Å². The Morgan fingerprint density at radius 3 is 2.27 bits per heavy atom. The van der Waals surface area contributed by atoms with Gasteiger partial charge in [-0.3, -0.25) is 5.10 Å². The van der Waals surface area contributed by atoms with Crippen LogP contribution in [0.2, 0.25) is 0 Å². The smallest absolute Gasteiger partial charge is 0.156 e. The summed E-state index contributed by atoms with van der Waals surface area (Å²) < 4.78 is 15.7. The van der Waals surface area contributed by atoms with E-state index in [4.69, 9.17) is 14.2 Å². The van der Waals surface area contributed by atoms with Crippen LogP contribution < -0.4 is 20.1 Å². The Bertz CT molecular complexity index is 980. The van der Waals surface area contributed by atoms with Crippen LogP contribution in [0.1, 0.15) is 17.1 Å². The van der Waals surface area contributed by atoms with Crippen molar-refractivity contribution in [2.45, 2.75) is 6.92 Å². The molecule has 0 spiro atoms. The zero-order valence-electron chi connectivity index (χ0n) is 17.5. The zero-order chi connectivity index (χ0) is 21.3. The fourth-order valence-corrected chi connectivity index (χ4v) is 2.69. The van der Waals surface area contributed by atoms with Gasteiger partial charge in [-0.05, 0) is 30.7 Å². The lowest BCUT2D eigenvalue weighted by atomic mass is 10.2. The normalized spacial score (nSPS) is 10.9. The molecule has 0 saturated heterocycles. The molecule has 0 aliphatic heterocycles. The lowest BCUT2D eigenvalue weighted by Gasteiger charge is -2.09. The van der Waals surface area contributed by atoms with Crippen LogP contribution in [0, 0.1) is 6.92 Å². The molecule has 158 valence electrons. The molecule has 3 rings (SSSR count). The van der Waals surface area contributed by atoms with Crippen molar-refractivity contribution >= 4 is 29.6 Å². The van der Waals surface area contributed by atoms with Crippen molar-refractivity contribution in [3.63, 3.8) is 0 Å². The molecule has 2 aromatic heterocycles. The average Bonchev–Trinajstić information content (AvgIpc) is 3.16. The topological polar surface area (TPSA) is 106 Å². The number of H-pyrrole nitrogens is 1. The molecule has 0 atom stereocenters. The minimum Gasteiger partial charge on any atom is -0.497 e. The number of hydrogen-bond donors (Lipinski definition) is 3. The van der Waals surface area contributed by atoms with Crippen LogP contribution in [0.15, 0.2) is 30.3 Å². The molecule has 0 amide bonds. The Kier molecular flexibility index (Phi) is 7.23. The first kappa shape index (κ1) is 21.1. The van der Waals surface area contributed by atoms with Gasteiger partial charge in [-0.1, -0.05) is 6.08 Å². The van der Waals surface area contributed by atoms with E-state index in [9.17, 15) is 0 Å². The Labute approximate surface area is 175 Å². The molecule has 0 fully saturated rings. The highest BCUT2D eigenvalue weighted by Gasteiger charge is 2.06. The molecule has 0 saturated carbocycles. The highest BCUT2D eigenvalue weighted by atomic mass is 16.5. The van der Waals surface area contributed by atoms with Gasteiger partial charge in [0.2, 0.25) is 0 Å². The van der Waals surface area contributed by atoms with E-state index < -0.39 is 0 Å². The van der Waals surface area contributed by atoms with Gasteiger partial charge in [0.1, 0.15) is 23.1 Å². The van der Waals surface area contributed by atoms with Crippen molar-refractivity contribution < 1.29 is 14.2 Å². The molecule has 1 aromatic carbocycles. The van der Waals surface area contributed by atoms with Crippen LogP contribution in [-0.2, 0) is 4.74 Å². The minimum absolute atomic E-state index is 0.536. The SMILES string of the molecule is COCCNc1cc(Nc2cc(C)[nH]n2)nc(/C=C/c2cc(OC)cc(OC)c2)n1. The van der Waals surface area contributed by atoms with Crippen LogP contribution >= 0.6 is 0 Å². The van der Waals surface area contributed by atoms with Crippen LogP contribution in [0.3, 0.4) is 0 Å². The van der Waals surface area contributed by atoms with Gasteiger partial charge in [-0.25, -0.2) is 9.97 Å². The second-order valence-corrected chi connectivity index (χ2v) is 6.46. The number of aromatic amines is 1. The second-order valence-electron chi connectivity index (χ2n) is 6.46. The number of anilines is 3. The maximum atomic E-state index is 5.32. The van der Waals surface area contributed by atoms with E-state index >= 15 is 0 Å². The number of benzene rings is 1. The molecule has 30 heavy (non-hydrogen) atoms. The molecule has 0 aliphatic rings. The van der Waals surface area contributed by atoms with Crippen molar-refractivity contribution in [1.29, 1.82) is 0 Å². The van der Waals surface area contributed by atoms with Crippen molar-refractivity contribution in [3.8, 4) is 11.5 Å². The quantitative estimate of drug-likeness (QED) is 0.436. The number of methoxy groups -OCH3 is 3. The van der Waals surface area contributed by atoms with Gasteiger partial charge in [-0.15, -0.1) is 0 Å². The van der Waals surface area contributed by atoms with Gasteiger partial charge in [0.05, 0.1) is 20.8 Å². The molecule has 0 aliphatic carbocycles. The van der Waals surface area contributed by atoms with Gasteiger partial charge < -0.3 is 24.8 Å². The predicted molar refractivity (Wildman–Crippen MR) is 117 cm³/mol. The first-order chi connectivity index (χ1) is 14.6. The van der Waals surface area contributed by atoms with Crippen LogP contribution in [0.5, 0.6) is 11.5 Å². The van der Waals surface area contributed by atoms with E-state index in [0.29, 0.717) is 47.9 Å². The summed E-state index contributed by atoms with van der Waals surface area (Å²) in [6.45, 7) is 3.14. The Morgan fingerprint density at radius 2 is 1.63 bits per heavy atom. The van der Waals surface area contributed by atoms with Gasteiger partial charge >= 0.3 is 0 Å². The van der Waals surface area contributed by atoms with Crippen molar-refractivity contribution in [2.24, 2.45) is 0 Å². The predicted octanol–water partition coefficient (Wildman–Crippen LogP) is 3.50. The fourth-order valence-electron chi connectivity index (χ4n) is 2.69. The standard InChI is InChI=1S/C21H26N6O3/c1-14-9-21(27-26-14)25-20-13-19(22-7-8-28-2)23-18(24-20)6-5-15-10-16(29-3)12-17(11-15)30-4/h5-6,9-13H,7-8H2,1-4H3,(H3,22,23,24,25,26,27)/b6-5+. The molecular formula is C21H26N6O3. The van der Waals surface area contributed by atoms with Crippen LogP contribution in [0.4, 0.5) is 17.5 Å². The van der Waals surface area contributed by atoms with E-state index in [1.165, 1.54) is 0 Å². The van der Waals surface area contributed by atoms with Crippen LogP contribution in [0.25, 0.3) is 12.2 Å². The first-order valence-corrected chi connectivity index (χ1v) is 9.41. The number of rotatable bonds is 10. The zero-order valence-corrected chi connectivity index (χ0v) is 17.5. The molecule has 3 N–H and O–H groups in total. The molecular weight excluding hydrogens is 384 g/mol. The summed E-state index contributed by atoms with van der Waals surface area (Å²) in [5.41, 5.74) is 1.86. The van der Waals surface area contributed by atoms with E-state index in [1.807, 2.05) is 49.4 Å². The summed E-state index contributed by atoms with van der Waals surface area (Å²) in [7, 11) is 4.90. The molecule has 9 heteroatoms. The third-order valence-corrected chi connectivity index (χ3v) is 4.12. The summed E-state index contributed by atoms with van der Waals surface area (Å²) in [4.78, 5) is 9.13. The van der Waals surface area contributed by atoms with Crippen LogP contribution in [-0.4, -0.2) is 54.6 Å². The number of aromatic nitrogens is 4. The molecule has 0 unspecified atom stereocenters. The van der Waals surface area contributed by atoms with Gasteiger partial charge in [0, 0.05) is 37.5 Å². The lowest BCUT2D eigenvalue weighted by Crippen LogP contribution is -2.10. The average molecular weight is 410 g/mol. The maximum absolute atomic E-state index is 5.32. The highest BCUT2D eigenvalue weighted by molar-refractivity contribution is 5.70. The third-order valence-electron chi connectivity index (χ3n) is 4.12. The number of nitrogens with zero attached hydrogens (tertiary/aromatic N) is 3. The molecule has 0 radical (unpaired) electrons. The summed E-state index contributed by atoms with van der Waals surface area (Å²) in [5, 5.41) is 13.5. The Morgan fingerprint density at radius 1 is 0.900 bits per heavy atom. The van der Waals surface area contributed by atoms with Gasteiger partial charge in [0.25, 0.3) is 0 Å². The maximum Gasteiger partial charge on any atom is 0.156 e. The summed E-state index contributed by atoms with van der Waals surface area (Å²) >= 11 is 0. The van der Waals surface area contributed by atoms with Gasteiger partial charge in [-0.2, -0.15) is 5.10 Å². The monoisotopic (exact) mass is 410 g/mol. The first-order valence-electron chi connectivity index (χ1n) is 9.41. The minimum atomic E-state index is 0.536. The third kappa shape index (κ3) is 5.95. The number of ether oxygens (including phenoxy) is 3. The van der Waals surface area contributed by atoms with Crippen molar-refractivity contribution in [3.05, 3.63) is 47.4 Å². The van der Waals surface area contributed by atoms with E-state index in [2.05, 4.69) is 30.8 Å². The molecule has 3 aromatic rings. The number of nitrogens with one attached hydrogen (secondary N) is 3. The molecule has 0 bridgehead atoms. The highest BCUT2D eigenvalue weighted by Crippen LogP contribution is 2.24. The molecule has 2 heterocycles. The van der Waals surface area contributed by atoms with Crippen molar-refractivity contribution in [1.82, 2.24) is 20.2 Å². The number of hydrogen-bond acceptors (Lipinski definition) is 8. The van der Waals surface area contributed by atoms with E-state index in [1.54, 1.807) is 21.3 Å². The largest absolute Gasteiger partial charge is 0.497 e. The summed E-state index contributed by atoms with van der Waals surface area (Å²) in [5.74, 6) is 3.94. The summed E-state index contributed by atoms with van der Waals surface area (Å²) in [6, 6.07) is 9.36. The lowest BCUT2D eigenvalue weighted by molar-refractivity contribution is 0.210. The Balaban J connectivity index is 1.87. The van der Waals surface area contributed by atoms with E-state index in [-0.39, 0.29) is 0 Å². The second kappa shape index (κ2) is 10.3. The Hall–Kier alpha value is -3.59. The number of aryl methyl sites for hydroxylation is 1. The molecule has 9 nitrogen and oxygen atoms in total. The van der Waals surface area contributed by atoms with Gasteiger partial charge in [0.15, 0.2) is 11.6 Å². The van der Waals surface area contributed by atoms with E-state index in [0.717, 1.165) is 11.3 Å². The fraction of sp³-hybridized carbons (Fsp3) is 0.286.